The summed E-state index contributed by atoms with van der Waals surface area (Å²) >= 11 is 0. The van der Waals surface area contributed by atoms with Crippen LogP contribution in [0.25, 0.3) is 0 Å². The lowest BCUT2D eigenvalue weighted by Gasteiger charge is -2.35. The summed E-state index contributed by atoms with van der Waals surface area (Å²) in [6.07, 6.45) is 3.59. The molecule has 3 rings (SSSR count). The van der Waals surface area contributed by atoms with Crippen LogP contribution in [-0.4, -0.2) is 59.3 Å². The van der Waals surface area contributed by atoms with Gasteiger partial charge < -0.3 is 19.9 Å². The third-order valence-corrected chi connectivity index (χ3v) is 4.80. The summed E-state index contributed by atoms with van der Waals surface area (Å²) in [7, 11) is 1.85. The Kier molecular flexibility index (Phi) is 9.60. The van der Waals surface area contributed by atoms with Crippen LogP contribution < -0.4 is 15.0 Å². The maximum atomic E-state index is 12.7. The number of para-hydroxylation sites is 1. The number of benzene rings is 1. The first-order valence-electron chi connectivity index (χ1n) is 10.5. The summed E-state index contributed by atoms with van der Waals surface area (Å²) in [4.78, 5) is 21.3. The second kappa shape index (κ2) is 11.9. The van der Waals surface area contributed by atoms with Gasteiger partial charge in [0.1, 0.15) is 12.3 Å². The Morgan fingerprint density at radius 1 is 1.29 bits per heavy atom. The number of nitrogens with zero attached hydrogens (tertiary/aromatic N) is 5. The smallest absolute Gasteiger partial charge is 0.246 e. The summed E-state index contributed by atoms with van der Waals surface area (Å²) in [5, 5.41) is 7.49. The van der Waals surface area contributed by atoms with Crippen LogP contribution >= 0.6 is 24.0 Å². The van der Waals surface area contributed by atoms with Gasteiger partial charge in [-0.1, -0.05) is 32.0 Å². The van der Waals surface area contributed by atoms with E-state index in [0.29, 0.717) is 32.2 Å². The predicted octanol–water partition coefficient (Wildman–Crippen LogP) is 2.89. The van der Waals surface area contributed by atoms with Gasteiger partial charge in [-0.15, -0.1) is 24.0 Å². The molecule has 8 nitrogen and oxygen atoms in total. The molecule has 9 heteroatoms. The van der Waals surface area contributed by atoms with Crippen molar-refractivity contribution in [2.24, 2.45) is 18.0 Å². The Hall–Kier alpha value is -2.30. The highest BCUT2D eigenvalue weighted by molar-refractivity contribution is 14.0. The number of piperazine rings is 1. The molecule has 1 aliphatic heterocycles. The van der Waals surface area contributed by atoms with Crippen molar-refractivity contribution in [2.45, 2.75) is 27.3 Å². The number of halogens is 1. The number of nitrogens with one attached hydrogen (secondary N) is 1. The number of aromatic nitrogens is 2. The molecule has 0 atom stereocenters. The van der Waals surface area contributed by atoms with Crippen LogP contribution in [0.1, 0.15) is 26.3 Å². The van der Waals surface area contributed by atoms with E-state index in [9.17, 15) is 4.79 Å². The van der Waals surface area contributed by atoms with Gasteiger partial charge in [0.05, 0.1) is 25.0 Å². The van der Waals surface area contributed by atoms with E-state index < -0.39 is 0 Å². The van der Waals surface area contributed by atoms with Crippen molar-refractivity contribution in [1.29, 1.82) is 0 Å². The Morgan fingerprint density at radius 2 is 2.06 bits per heavy atom. The molecule has 1 amide bonds. The lowest BCUT2D eigenvalue weighted by atomic mass is 10.2. The lowest BCUT2D eigenvalue weighted by molar-refractivity contribution is -0.120. The van der Waals surface area contributed by atoms with Crippen LogP contribution in [0.15, 0.2) is 41.7 Å². The number of carbonyl (C=O) groups excluding carboxylic acids is 1. The standard InChI is InChI=1S/C22H32N6O2.HI/c1-5-23-22(24-12-18-8-6-7-9-20(18)30-16-17(2)3)27-10-11-28(21(29)15-27)19-13-25-26(4)14-19;/h6-9,13-14,17H,5,10-12,15-16H2,1-4H3,(H,23,24);1H. The summed E-state index contributed by atoms with van der Waals surface area (Å²) in [6, 6.07) is 7.99. The summed E-state index contributed by atoms with van der Waals surface area (Å²) in [5.41, 5.74) is 1.87. The Labute approximate surface area is 201 Å². The normalized spacial score (nSPS) is 14.6. The van der Waals surface area contributed by atoms with E-state index in [0.717, 1.165) is 29.5 Å². The van der Waals surface area contributed by atoms with Crippen molar-refractivity contribution < 1.29 is 9.53 Å². The van der Waals surface area contributed by atoms with Gasteiger partial charge in [0.15, 0.2) is 5.96 Å². The number of carbonyl (C=O) groups is 1. The Balaban J connectivity index is 0.00000341. The number of amides is 1. The minimum absolute atomic E-state index is 0. The monoisotopic (exact) mass is 540 g/mol. The quantitative estimate of drug-likeness (QED) is 0.332. The highest BCUT2D eigenvalue weighted by Crippen LogP contribution is 2.20. The topological polar surface area (TPSA) is 75.0 Å². The molecular formula is C22H33IN6O2. The summed E-state index contributed by atoms with van der Waals surface area (Å²) in [5.74, 6) is 2.11. The molecule has 0 bridgehead atoms. The van der Waals surface area contributed by atoms with E-state index in [-0.39, 0.29) is 36.4 Å². The zero-order chi connectivity index (χ0) is 21.5. The SMILES string of the molecule is CCNC(=NCc1ccccc1OCC(C)C)N1CCN(c2cnn(C)c2)C(=O)C1.I. The van der Waals surface area contributed by atoms with Gasteiger partial charge in [-0.2, -0.15) is 5.10 Å². The summed E-state index contributed by atoms with van der Waals surface area (Å²) < 4.78 is 7.65. The number of hydrogen-bond acceptors (Lipinski definition) is 4. The molecule has 0 saturated carbocycles. The van der Waals surface area contributed by atoms with Crippen molar-refractivity contribution in [3.63, 3.8) is 0 Å². The molecule has 1 saturated heterocycles. The fraction of sp³-hybridized carbons (Fsp3) is 0.500. The molecule has 1 N–H and O–H groups in total. The van der Waals surface area contributed by atoms with Gasteiger partial charge in [0, 0.05) is 38.4 Å². The van der Waals surface area contributed by atoms with Crippen LogP contribution in [-0.2, 0) is 18.4 Å². The Bertz CT molecular complexity index is 882. The van der Waals surface area contributed by atoms with Gasteiger partial charge in [0.25, 0.3) is 0 Å². The molecule has 1 aromatic heterocycles. The molecular weight excluding hydrogens is 507 g/mol. The number of ether oxygens (including phenoxy) is 1. The van der Waals surface area contributed by atoms with Crippen molar-refractivity contribution in [2.75, 3.05) is 37.7 Å². The van der Waals surface area contributed by atoms with E-state index in [4.69, 9.17) is 9.73 Å². The van der Waals surface area contributed by atoms with Gasteiger partial charge in [-0.25, -0.2) is 4.99 Å². The van der Waals surface area contributed by atoms with Gasteiger partial charge >= 0.3 is 0 Å². The zero-order valence-electron chi connectivity index (χ0n) is 18.7. The summed E-state index contributed by atoms with van der Waals surface area (Å²) in [6.45, 7) is 9.79. The van der Waals surface area contributed by atoms with Crippen LogP contribution in [0.5, 0.6) is 5.75 Å². The van der Waals surface area contributed by atoms with Crippen LogP contribution in [0, 0.1) is 5.92 Å². The molecule has 2 aromatic rings. The molecule has 1 aliphatic rings. The van der Waals surface area contributed by atoms with Crippen molar-refractivity contribution >= 4 is 41.5 Å². The molecule has 1 aromatic carbocycles. The molecule has 0 radical (unpaired) electrons. The first-order chi connectivity index (χ1) is 14.5. The molecule has 2 heterocycles. The molecule has 170 valence electrons. The number of guanidine groups is 1. The number of hydrogen-bond donors (Lipinski definition) is 1. The molecule has 0 spiro atoms. The van der Waals surface area contributed by atoms with Crippen LogP contribution in [0.4, 0.5) is 5.69 Å². The van der Waals surface area contributed by atoms with E-state index in [2.05, 4.69) is 24.3 Å². The minimum Gasteiger partial charge on any atom is -0.493 e. The van der Waals surface area contributed by atoms with Gasteiger partial charge in [0.2, 0.25) is 5.91 Å². The predicted molar refractivity (Wildman–Crippen MR) is 134 cm³/mol. The first kappa shape index (κ1) is 25.0. The maximum Gasteiger partial charge on any atom is 0.246 e. The lowest BCUT2D eigenvalue weighted by Crippen LogP contribution is -2.55. The number of aliphatic imine (C=N–C) groups is 1. The minimum atomic E-state index is 0. The molecule has 0 aliphatic carbocycles. The van der Waals surface area contributed by atoms with Crippen molar-refractivity contribution in [1.82, 2.24) is 20.0 Å². The third-order valence-electron chi connectivity index (χ3n) is 4.80. The van der Waals surface area contributed by atoms with E-state index >= 15 is 0 Å². The zero-order valence-corrected chi connectivity index (χ0v) is 21.1. The fourth-order valence-corrected chi connectivity index (χ4v) is 3.29. The van der Waals surface area contributed by atoms with Crippen molar-refractivity contribution in [3.8, 4) is 5.75 Å². The van der Waals surface area contributed by atoms with Gasteiger partial charge in [-0.05, 0) is 18.9 Å². The maximum absolute atomic E-state index is 12.7. The highest BCUT2D eigenvalue weighted by atomic mass is 127. The number of aryl methyl sites for hydroxylation is 1. The van der Waals surface area contributed by atoms with E-state index in [1.807, 2.05) is 49.3 Å². The number of anilines is 1. The highest BCUT2D eigenvalue weighted by Gasteiger charge is 2.27. The first-order valence-corrected chi connectivity index (χ1v) is 10.5. The average Bonchev–Trinajstić information content (AvgIpc) is 3.16. The second-order valence-electron chi connectivity index (χ2n) is 7.82. The third kappa shape index (κ3) is 6.84. The molecule has 31 heavy (non-hydrogen) atoms. The largest absolute Gasteiger partial charge is 0.493 e. The van der Waals surface area contributed by atoms with Crippen molar-refractivity contribution in [3.05, 3.63) is 42.2 Å². The average molecular weight is 540 g/mol. The molecule has 0 unspecified atom stereocenters. The van der Waals surface area contributed by atoms with E-state index in [1.54, 1.807) is 15.8 Å². The molecule has 1 fully saturated rings. The van der Waals surface area contributed by atoms with Crippen LogP contribution in [0.2, 0.25) is 0 Å². The van der Waals surface area contributed by atoms with Crippen LogP contribution in [0.3, 0.4) is 0 Å². The second-order valence-corrected chi connectivity index (χ2v) is 7.82. The number of rotatable bonds is 7. The fourth-order valence-electron chi connectivity index (χ4n) is 3.29. The Morgan fingerprint density at radius 3 is 2.71 bits per heavy atom. The van der Waals surface area contributed by atoms with Gasteiger partial charge in [-0.3, -0.25) is 9.48 Å². The van der Waals surface area contributed by atoms with E-state index in [1.165, 1.54) is 0 Å².